The molecular weight excluding hydrogens is 462 g/mol. The Bertz CT molecular complexity index is 1100. The standard InChI is InChI=1S/C27H31N3O6/c1-28(24(14-25(31)32)26(33)30-12-10-29(11-13-30)18-15-35-16-18)27(34)36-17-23-21-8-4-2-6-19(21)20-7-3-5-9-22(20)23/h2-9,18,23-24H,10-17H2,1H3,(H,31,32). The molecule has 0 radical (unpaired) electrons. The van der Waals surface area contributed by atoms with Crippen LogP contribution in [-0.2, 0) is 19.1 Å². The van der Waals surface area contributed by atoms with E-state index in [1.54, 1.807) is 4.90 Å². The Kier molecular flexibility index (Phi) is 6.93. The number of hydrogen-bond acceptors (Lipinski definition) is 6. The van der Waals surface area contributed by atoms with Crippen LogP contribution < -0.4 is 0 Å². The van der Waals surface area contributed by atoms with Crippen LogP contribution in [0.5, 0.6) is 0 Å². The van der Waals surface area contributed by atoms with E-state index in [0.717, 1.165) is 27.2 Å². The fraction of sp³-hybridized carbons (Fsp3) is 0.444. The molecule has 2 amide bonds. The van der Waals surface area contributed by atoms with Crippen molar-refractivity contribution in [3.8, 4) is 11.1 Å². The van der Waals surface area contributed by atoms with Crippen molar-refractivity contribution in [1.82, 2.24) is 14.7 Å². The van der Waals surface area contributed by atoms with Crippen molar-refractivity contribution in [3.63, 3.8) is 0 Å². The first-order valence-corrected chi connectivity index (χ1v) is 12.3. The van der Waals surface area contributed by atoms with Crippen LogP contribution in [0.1, 0.15) is 23.5 Å². The largest absolute Gasteiger partial charge is 0.481 e. The van der Waals surface area contributed by atoms with Gasteiger partial charge in [-0.15, -0.1) is 0 Å². The summed E-state index contributed by atoms with van der Waals surface area (Å²) in [6, 6.07) is 15.3. The molecule has 2 aromatic rings. The number of ether oxygens (including phenoxy) is 2. The van der Waals surface area contributed by atoms with Gasteiger partial charge in [0.1, 0.15) is 12.6 Å². The molecule has 2 aromatic carbocycles. The number of carboxylic acids is 1. The van der Waals surface area contributed by atoms with Crippen LogP contribution >= 0.6 is 0 Å². The van der Waals surface area contributed by atoms with Gasteiger partial charge in [0.2, 0.25) is 5.91 Å². The predicted molar refractivity (Wildman–Crippen MR) is 132 cm³/mol. The molecule has 36 heavy (non-hydrogen) atoms. The molecule has 2 heterocycles. The molecule has 9 heteroatoms. The van der Waals surface area contributed by atoms with Crippen molar-refractivity contribution in [1.29, 1.82) is 0 Å². The van der Waals surface area contributed by atoms with Gasteiger partial charge in [0.25, 0.3) is 0 Å². The first-order valence-electron chi connectivity index (χ1n) is 12.3. The van der Waals surface area contributed by atoms with Crippen LogP contribution in [0.4, 0.5) is 4.79 Å². The average molecular weight is 494 g/mol. The maximum Gasteiger partial charge on any atom is 0.410 e. The van der Waals surface area contributed by atoms with Crippen molar-refractivity contribution < 1.29 is 29.0 Å². The fourth-order valence-corrected chi connectivity index (χ4v) is 5.33. The third kappa shape index (κ3) is 4.68. The second-order valence-electron chi connectivity index (χ2n) is 9.58. The zero-order valence-electron chi connectivity index (χ0n) is 20.3. The molecule has 190 valence electrons. The summed E-state index contributed by atoms with van der Waals surface area (Å²) < 4.78 is 10.9. The second kappa shape index (κ2) is 10.3. The summed E-state index contributed by atoms with van der Waals surface area (Å²) in [5.74, 6) is -1.62. The van der Waals surface area contributed by atoms with Crippen LogP contribution in [0, 0.1) is 0 Å². The van der Waals surface area contributed by atoms with E-state index < -0.39 is 24.5 Å². The Morgan fingerprint density at radius 3 is 2.11 bits per heavy atom. The number of fused-ring (bicyclic) bond motifs is 3. The Hall–Kier alpha value is -3.43. The highest BCUT2D eigenvalue weighted by molar-refractivity contribution is 5.89. The van der Waals surface area contributed by atoms with Crippen LogP contribution in [0.25, 0.3) is 11.1 Å². The third-order valence-electron chi connectivity index (χ3n) is 7.51. The van der Waals surface area contributed by atoms with Crippen LogP contribution in [0.2, 0.25) is 0 Å². The summed E-state index contributed by atoms with van der Waals surface area (Å²) in [4.78, 5) is 43.0. The van der Waals surface area contributed by atoms with Gasteiger partial charge in [-0.3, -0.25) is 19.4 Å². The first kappa shape index (κ1) is 24.3. The summed E-state index contributed by atoms with van der Waals surface area (Å²) in [5, 5.41) is 9.47. The summed E-state index contributed by atoms with van der Waals surface area (Å²) in [5.41, 5.74) is 4.41. The molecule has 1 aliphatic carbocycles. The molecule has 0 spiro atoms. The molecule has 0 saturated carbocycles. The maximum absolute atomic E-state index is 13.3. The number of carboxylic acid groups (broad SMARTS) is 1. The molecule has 5 rings (SSSR count). The van der Waals surface area contributed by atoms with Gasteiger partial charge in [-0.1, -0.05) is 48.5 Å². The summed E-state index contributed by atoms with van der Waals surface area (Å²) in [6.07, 6.45) is -1.18. The van der Waals surface area contributed by atoms with Crippen molar-refractivity contribution in [2.24, 2.45) is 0 Å². The Balaban J connectivity index is 1.24. The van der Waals surface area contributed by atoms with E-state index in [1.807, 2.05) is 36.4 Å². The highest BCUT2D eigenvalue weighted by atomic mass is 16.6. The number of aliphatic carboxylic acids is 1. The van der Waals surface area contributed by atoms with Crippen LogP contribution in [-0.4, -0.2) is 103 Å². The van der Waals surface area contributed by atoms with Gasteiger partial charge in [-0.05, 0) is 22.3 Å². The van der Waals surface area contributed by atoms with Gasteiger partial charge >= 0.3 is 12.1 Å². The zero-order chi connectivity index (χ0) is 25.2. The van der Waals surface area contributed by atoms with Gasteiger partial charge in [-0.25, -0.2) is 4.79 Å². The smallest absolute Gasteiger partial charge is 0.410 e. The lowest BCUT2D eigenvalue weighted by molar-refractivity contribution is -0.147. The Morgan fingerprint density at radius 1 is 1.00 bits per heavy atom. The van der Waals surface area contributed by atoms with Crippen molar-refractivity contribution in [3.05, 3.63) is 59.7 Å². The van der Waals surface area contributed by atoms with Gasteiger partial charge in [0, 0.05) is 39.1 Å². The highest BCUT2D eigenvalue weighted by Crippen LogP contribution is 2.44. The number of piperazine rings is 1. The van der Waals surface area contributed by atoms with Crippen LogP contribution in [0.3, 0.4) is 0 Å². The lowest BCUT2D eigenvalue weighted by Gasteiger charge is -2.43. The van der Waals surface area contributed by atoms with E-state index in [1.165, 1.54) is 7.05 Å². The summed E-state index contributed by atoms with van der Waals surface area (Å²) in [6.45, 7) is 3.91. The lowest BCUT2D eigenvalue weighted by atomic mass is 9.98. The minimum Gasteiger partial charge on any atom is -0.481 e. The zero-order valence-corrected chi connectivity index (χ0v) is 20.3. The number of carbonyl (C=O) groups is 3. The molecular formula is C27H31N3O6. The summed E-state index contributed by atoms with van der Waals surface area (Å²) >= 11 is 0. The van der Waals surface area contributed by atoms with Crippen molar-refractivity contribution >= 4 is 18.0 Å². The van der Waals surface area contributed by atoms with Gasteiger partial charge in [0.15, 0.2) is 0 Å². The Labute approximate surface area is 210 Å². The van der Waals surface area contributed by atoms with Gasteiger partial charge in [-0.2, -0.15) is 0 Å². The van der Waals surface area contributed by atoms with E-state index in [4.69, 9.17) is 9.47 Å². The molecule has 2 fully saturated rings. The van der Waals surface area contributed by atoms with E-state index in [0.29, 0.717) is 45.4 Å². The lowest BCUT2D eigenvalue weighted by Crippen LogP contribution is -2.60. The first-order chi connectivity index (χ1) is 17.4. The van der Waals surface area contributed by atoms with E-state index in [2.05, 4.69) is 17.0 Å². The number of benzene rings is 2. The molecule has 3 aliphatic rings. The number of nitrogens with zero attached hydrogens (tertiary/aromatic N) is 3. The number of hydrogen-bond donors (Lipinski definition) is 1. The molecule has 1 unspecified atom stereocenters. The van der Waals surface area contributed by atoms with Crippen molar-refractivity contribution in [2.75, 3.05) is 53.0 Å². The van der Waals surface area contributed by atoms with Crippen molar-refractivity contribution in [2.45, 2.75) is 24.4 Å². The normalized spacial score (nSPS) is 18.6. The highest BCUT2D eigenvalue weighted by Gasteiger charge is 2.37. The Morgan fingerprint density at radius 2 is 1.58 bits per heavy atom. The number of amides is 2. The monoisotopic (exact) mass is 493 g/mol. The quantitative estimate of drug-likeness (QED) is 0.632. The van der Waals surface area contributed by atoms with Gasteiger partial charge in [0.05, 0.1) is 25.7 Å². The number of rotatable bonds is 7. The second-order valence-corrected chi connectivity index (χ2v) is 9.58. The third-order valence-corrected chi connectivity index (χ3v) is 7.51. The maximum atomic E-state index is 13.3. The minimum absolute atomic E-state index is 0.104. The van der Waals surface area contributed by atoms with E-state index in [-0.39, 0.29) is 18.4 Å². The summed E-state index contributed by atoms with van der Waals surface area (Å²) in [7, 11) is 1.44. The van der Waals surface area contributed by atoms with E-state index >= 15 is 0 Å². The van der Waals surface area contributed by atoms with Crippen LogP contribution in [0.15, 0.2) is 48.5 Å². The molecule has 1 atom stereocenters. The minimum atomic E-state index is -1.14. The SMILES string of the molecule is CN(C(=O)OCC1c2ccccc2-c2ccccc21)C(CC(=O)O)C(=O)N1CCN(C2COC2)CC1. The topological polar surface area (TPSA) is 99.6 Å². The molecule has 1 N–H and O–H groups in total. The fourth-order valence-electron chi connectivity index (χ4n) is 5.33. The van der Waals surface area contributed by atoms with E-state index in [9.17, 15) is 19.5 Å². The number of carbonyl (C=O) groups excluding carboxylic acids is 2. The van der Waals surface area contributed by atoms with Gasteiger partial charge < -0.3 is 19.5 Å². The molecule has 2 saturated heterocycles. The molecule has 2 aliphatic heterocycles. The molecule has 0 bridgehead atoms. The predicted octanol–water partition coefficient (Wildman–Crippen LogP) is 2.25. The molecule has 9 nitrogen and oxygen atoms in total. The molecule has 0 aromatic heterocycles. The average Bonchev–Trinajstić information content (AvgIpc) is 3.18. The number of likely N-dealkylation sites (N-methyl/N-ethyl adjacent to an activating group) is 1.